The first-order valence-corrected chi connectivity index (χ1v) is 8.79. The number of hydrogen-bond donors (Lipinski definition) is 3. The second kappa shape index (κ2) is 9.57. The molecule has 2 rings (SSSR count). The van der Waals surface area contributed by atoms with Crippen molar-refractivity contribution < 1.29 is 18.0 Å². The lowest BCUT2D eigenvalue weighted by Crippen LogP contribution is -2.48. The van der Waals surface area contributed by atoms with Crippen LogP contribution in [0.1, 0.15) is 21.5 Å². The fourth-order valence-corrected chi connectivity index (χ4v) is 2.62. The molecule has 27 heavy (non-hydrogen) atoms. The second-order valence-corrected chi connectivity index (χ2v) is 6.68. The summed E-state index contributed by atoms with van der Waals surface area (Å²) in [6.45, 7) is 0.213. The number of carbonyl (C=O) groups excluding carboxylic acids is 1. The van der Waals surface area contributed by atoms with E-state index in [0.29, 0.717) is 11.1 Å². The van der Waals surface area contributed by atoms with Crippen molar-refractivity contribution in [2.45, 2.75) is 18.0 Å². The van der Waals surface area contributed by atoms with Gasteiger partial charge in [-0.2, -0.15) is 13.2 Å². The molecule has 1 unspecified atom stereocenters. The fraction of sp³-hybridized carbons (Fsp3) is 0.222. The van der Waals surface area contributed by atoms with Gasteiger partial charge < -0.3 is 5.32 Å². The summed E-state index contributed by atoms with van der Waals surface area (Å²) in [6, 6.07) is 13.6. The van der Waals surface area contributed by atoms with Crippen LogP contribution in [-0.2, 0) is 12.6 Å². The van der Waals surface area contributed by atoms with Gasteiger partial charge in [0.15, 0.2) is 5.11 Å². The van der Waals surface area contributed by atoms with Crippen LogP contribution in [0.3, 0.4) is 0 Å². The van der Waals surface area contributed by atoms with Crippen molar-refractivity contribution in [3.8, 4) is 0 Å². The monoisotopic (exact) mass is 415 g/mol. The molecular formula is C18H17ClF3N3OS. The highest BCUT2D eigenvalue weighted by Gasteiger charge is 2.30. The summed E-state index contributed by atoms with van der Waals surface area (Å²) in [5, 5.41) is 2.47. The number of hydrazine groups is 1. The van der Waals surface area contributed by atoms with Crippen LogP contribution in [0.15, 0.2) is 54.6 Å². The number of rotatable bonds is 5. The molecule has 144 valence electrons. The van der Waals surface area contributed by atoms with Gasteiger partial charge in [-0.15, -0.1) is 11.6 Å². The molecule has 0 radical (unpaired) electrons. The topological polar surface area (TPSA) is 53.2 Å². The lowest BCUT2D eigenvalue weighted by atomic mass is 10.1. The van der Waals surface area contributed by atoms with E-state index in [0.717, 1.165) is 12.1 Å². The maximum absolute atomic E-state index is 12.7. The SMILES string of the molecule is O=C(NNC(=S)NCC(Cl)Cc1cccc(C(F)(F)F)c1)c1ccccc1. The van der Waals surface area contributed by atoms with E-state index in [2.05, 4.69) is 16.2 Å². The van der Waals surface area contributed by atoms with Gasteiger partial charge in [-0.1, -0.05) is 36.4 Å². The summed E-state index contributed by atoms with van der Waals surface area (Å²) in [6.07, 6.45) is -4.16. The molecule has 2 aromatic carbocycles. The molecule has 0 bridgehead atoms. The van der Waals surface area contributed by atoms with Crippen LogP contribution in [0.5, 0.6) is 0 Å². The zero-order valence-corrected chi connectivity index (χ0v) is 15.6. The minimum Gasteiger partial charge on any atom is -0.360 e. The first-order valence-electron chi connectivity index (χ1n) is 7.95. The van der Waals surface area contributed by atoms with Gasteiger partial charge in [0.25, 0.3) is 5.91 Å². The molecule has 2 aromatic rings. The Balaban J connectivity index is 1.76. The standard InChI is InChI=1S/C18H17ClF3N3OS/c19-15(10-12-5-4-8-14(9-12)18(20,21)22)11-23-17(27)25-24-16(26)13-6-2-1-3-7-13/h1-9,15H,10-11H2,(H,24,26)(H2,23,25,27). The fourth-order valence-electron chi connectivity index (χ4n) is 2.23. The number of benzene rings is 2. The highest BCUT2D eigenvalue weighted by atomic mass is 35.5. The van der Waals surface area contributed by atoms with Crippen LogP contribution >= 0.6 is 23.8 Å². The predicted molar refractivity (Wildman–Crippen MR) is 102 cm³/mol. The van der Waals surface area contributed by atoms with E-state index in [-0.39, 0.29) is 24.0 Å². The molecule has 9 heteroatoms. The summed E-state index contributed by atoms with van der Waals surface area (Å²) in [7, 11) is 0. The lowest BCUT2D eigenvalue weighted by molar-refractivity contribution is -0.137. The van der Waals surface area contributed by atoms with Crippen molar-refractivity contribution in [3.63, 3.8) is 0 Å². The number of amides is 1. The number of alkyl halides is 4. The van der Waals surface area contributed by atoms with Gasteiger partial charge in [-0.25, -0.2) is 0 Å². The minimum absolute atomic E-state index is 0.147. The number of hydrogen-bond acceptors (Lipinski definition) is 2. The molecule has 1 atom stereocenters. The van der Waals surface area contributed by atoms with Gasteiger partial charge in [-0.05, 0) is 42.4 Å². The van der Waals surface area contributed by atoms with Gasteiger partial charge in [0.1, 0.15) is 0 Å². The summed E-state index contributed by atoms with van der Waals surface area (Å²) in [5.41, 5.74) is 5.21. The van der Waals surface area contributed by atoms with Crippen LogP contribution in [0.4, 0.5) is 13.2 Å². The van der Waals surface area contributed by atoms with Crippen molar-refractivity contribution in [2.24, 2.45) is 0 Å². The molecule has 4 nitrogen and oxygen atoms in total. The quantitative estimate of drug-likeness (QED) is 0.396. The first kappa shape index (κ1) is 21.0. The Labute approximate surface area is 165 Å². The van der Waals surface area contributed by atoms with Gasteiger partial charge in [0, 0.05) is 12.1 Å². The molecule has 0 aromatic heterocycles. The van der Waals surface area contributed by atoms with E-state index in [1.165, 1.54) is 6.07 Å². The Morgan fingerprint density at radius 2 is 1.78 bits per heavy atom. The number of carbonyl (C=O) groups is 1. The zero-order chi connectivity index (χ0) is 19.9. The lowest BCUT2D eigenvalue weighted by Gasteiger charge is -2.15. The molecule has 0 fully saturated rings. The average molecular weight is 416 g/mol. The third-order valence-electron chi connectivity index (χ3n) is 3.52. The van der Waals surface area contributed by atoms with Crippen molar-refractivity contribution >= 4 is 34.8 Å². The van der Waals surface area contributed by atoms with Crippen molar-refractivity contribution in [1.29, 1.82) is 0 Å². The Hall–Kier alpha value is -2.32. The maximum atomic E-state index is 12.7. The molecule has 0 saturated heterocycles. The molecule has 0 spiro atoms. The van der Waals surface area contributed by atoms with Crippen LogP contribution in [0.2, 0.25) is 0 Å². The maximum Gasteiger partial charge on any atom is 0.416 e. The summed E-state index contributed by atoms with van der Waals surface area (Å²) in [5.74, 6) is -0.355. The van der Waals surface area contributed by atoms with Gasteiger partial charge >= 0.3 is 6.18 Å². The normalized spacial score (nSPS) is 12.1. The molecule has 0 aliphatic heterocycles. The summed E-state index contributed by atoms with van der Waals surface area (Å²) >= 11 is 11.2. The Morgan fingerprint density at radius 1 is 1.07 bits per heavy atom. The van der Waals surface area contributed by atoms with Crippen molar-refractivity contribution in [2.75, 3.05) is 6.54 Å². The first-order chi connectivity index (χ1) is 12.8. The van der Waals surface area contributed by atoms with Crippen LogP contribution in [0.25, 0.3) is 0 Å². The predicted octanol–water partition coefficient (Wildman–Crippen LogP) is 3.66. The van der Waals surface area contributed by atoms with Gasteiger partial charge in [-0.3, -0.25) is 15.6 Å². The Morgan fingerprint density at radius 3 is 2.44 bits per heavy atom. The van der Waals surface area contributed by atoms with E-state index in [4.69, 9.17) is 23.8 Å². The minimum atomic E-state index is -4.39. The van der Waals surface area contributed by atoms with E-state index in [9.17, 15) is 18.0 Å². The average Bonchev–Trinajstić information content (AvgIpc) is 2.64. The Bertz CT molecular complexity index is 787. The summed E-state index contributed by atoms with van der Waals surface area (Å²) < 4.78 is 38.2. The molecule has 3 N–H and O–H groups in total. The number of halogens is 4. The molecule has 1 amide bonds. The van der Waals surface area contributed by atoms with Crippen LogP contribution in [-0.4, -0.2) is 22.9 Å². The molecule has 0 heterocycles. The molecule has 0 aliphatic carbocycles. The largest absolute Gasteiger partial charge is 0.416 e. The third-order valence-corrected chi connectivity index (χ3v) is 4.08. The number of nitrogens with one attached hydrogen (secondary N) is 3. The zero-order valence-electron chi connectivity index (χ0n) is 14.0. The molecule has 0 saturated carbocycles. The number of thiocarbonyl (C=S) groups is 1. The van der Waals surface area contributed by atoms with E-state index < -0.39 is 17.1 Å². The van der Waals surface area contributed by atoms with Crippen LogP contribution < -0.4 is 16.2 Å². The van der Waals surface area contributed by atoms with Gasteiger partial charge in [0.05, 0.1) is 10.9 Å². The smallest absolute Gasteiger partial charge is 0.360 e. The second-order valence-electron chi connectivity index (χ2n) is 5.65. The van der Waals surface area contributed by atoms with Gasteiger partial charge in [0.2, 0.25) is 0 Å². The van der Waals surface area contributed by atoms with E-state index in [1.807, 2.05) is 0 Å². The van der Waals surface area contributed by atoms with Crippen molar-refractivity contribution in [1.82, 2.24) is 16.2 Å². The highest BCUT2D eigenvalue weighted by molar-refractivity contribution is 7.80. The van der Waals surface area contributed by atoms with Crippen LogP contribution in [0, 0.1) is 0 Å². The third kappa shape index (κ3) is 7.07. The van der Waals surface area contributed by atoms with Crippen molar-refractivity contribution in [3.05, 3.63) is 71.3 Å². The molecule has 0 aliphatic rings. The van der Waals surface area contributed by atoms with E-state index in [1.54, 1.807) is 36.4 Å². The molecular weight excluding hydrogens is 399 g/mol. The Kier molecular flexibility index (Phi) is 7.44. The summed E-state index contributed by atoms with van der Waals surface area (Å²) in [4.78, 5) is 11.9. The highest BCUT2D eigenvalue weighted by Crippen LogP contribution is 2.29. The van der Waals surface area contributed by atoms with E-state index >= 15 is 0 Å².